The molecule has 0 saturated carbocycles. The lowest BCUT2D eigenvalue weighted by Crippen LogP contribution is -2.32. The van der Waals surface area contributed by atoms with Gasteiger partial charge >= 0.3 is 11.8 Å². The Kier molecular flexibility index (Phi) is 5.40. The van der Waals surface area contributed by atoms with Crippen molar-refractivity contribution in [2.45, 2.75) is 0 Å². The molecule has 7 heteroatoms. The topological polar surface area (TPSA) is 79.8 Å². The van der Waals surface area contributed by atoms with Gasteiger partial charge in [-0.3, -0.25) is 9.59 Å². The third-order valence-corrected chi connectivity index (χ3v) is 2.84. The highest BCUT2D eigenvalue weighted by Gasteiger charge is 2.14. The largest absolute Gasteiger partial charge is 0.496 e. The molecule has 0 heterocycles. The SMILES string of the molecule is COc1ccccc1/C=N/NC(=O)C(=O)Nc1ccccc1F. The summed E-state index contributed by atoms with van der Waals surface area (Å²) in [4.78, 5) is 23.3. The highest BCUT2D eigenvalue weighted by molar-refractivity contribution is 6.39. The van der Waals surface area contributed by atoms with E-state index in [1.54, 1.807) is 24.3 Å². The van der Waals surface area contributed by atoms with Gasteiger partial charge < -0.3 is 10.1 Å². The van der Waals surface area contributed by atoms with Gasteiger partial charge in [-0.05, 0) is 24.3 Å². The minimum absolute atomic E-state index is 0.0821. The summed E-state index contributed by atoms with van der Waals surface area (Å²) in [5, 5.41) is 5.83. The van der Waals surface area contributed by atoms with Crippen LogP contribution in [0.2, 0.25) is 0 Å². The number of carbonyl (C=O) groups excluding carboxylic acids is 2. The number of amides is 2. The summed E-state index contributed by atoms with van der Waals surface area (Å²) >= 11 is 0. The number of nitrogens with one attached hydrogen (secondary N) is 2. The first-order chi connectivity index (χ1) is 11.1. The van der Waals surface area contributed by atoms with Crippen molar-refractivity contribution < 1.29 is 18.7 Å². The molecular weight excluding hydrogens is 301 g/mol. The van der Waals surface area contributed by atoms with Crippen LogP contribution in [-0.2, 0) is 9.59 Å². The van der Waals surface area contributed by atoms with Crippen molar-refractivity contribution in [3.63, 3.8) is 0 Å². The fourth-order valence-corrected chi connectivity index (χ4v) is 1.73. The maximum Gasteiger partial charge on any atom is 0.329 e. The van der Waals surface area contributed by atoms with Crippen LogP contribution in [0, 0.1) is 5.82 Å². The number of hydrogen-bond donors (Lipinski definition) is 2. The van der Waals surface area contributed by atoms with E-state index in [1.807, 2.05) is 0 Å². The van der Waals surface area contributed by atoms with Gasteiger partial charge in [0.25, 0.3) is 0 Å². The lowest BCUT2D eigenvalue weighted by Gasteiger charge is -2.05. The summed E-state index contributed by atoms with van der Waals surface area (Å²) in [6.45, 7) is 0. The molecule has 0 bridgehead atoms. The third kappa shape index (κ3) is 4.37. The molecule has 0 unspecified atom stereocenters. The van der Waals surface area contributed by atoms with Crippen molar-refractivity contribution in [2.24, 2.45) is 5.10 Å². The fourth-order valence-electron chi connectivity index (χ4n) is 1.73. The molecule has 2 amide bonds. The highest BCUT2D eigenvalue weighted by atomic mass is 19.1. The zero-order valence-electron chi connectivity index (χ0n) is 12.2. The molecule has 6 nitrogen and oxygen atoms in total. The van der Waals surface area contributed by atoms with Crippen molar-refractivity contribution in [3.05, 3.63) is 59.9 Å². The molecule has 0 aliphatic heterocycles. The molecule has 0 aromatic heterocycles. The Labute approximate surface area is 132 Å². The van der Waals surface area contributed by atoms with Crippen LogP contribution in [-0.4, -0.2) is 25.1 Å². The van der Waals surface area contributed by atoms with Crippen LogP contribution in [0.5, 0.6) is 5.75 Å². The van der Waals surface area contributed by atoms with E-state index in [1.165, 1.54) is 37.6 Å². The molecule has 2 aromatic carbocycles. The third-order valence-electron chi connectivity index (χ3n) is 2.84. The van der Waals surface area contributed by atoms with E-state index in [0.717, 1.165) is 0 Å². The van der Waals surface area contributed by atoms with Gasteiger partial charge in [-0.15, -0.1) is 0 Å². The van der Waals surface area contributed by atoms with E-state index < -0.39 is 17.6 Å². The van der Waals surface area contributed by atoms with Gasteiger partial charge in [-0.25, -0.2) is 9.82 Å². The quantitative estimate of drug-likeness (QED) is 0.514. The summed E-state index contributed by atoms with van der Waals surface area (Å²) in [6.07, 6.45) is 1.34. The van der Waals surface area contributed by atoms with Crippen molar-refractivity contribution in [1.82, 2.24) is 5.43 Å². The number of rotatable bonds is 4. The Bertz CT molecular complexity index is 747. The Morgan fingerprint density at radius 1 is 1.09 bits per heavy atom. The fraction of sp³-hybridized carbons (Fsp3) is 0.0625. The van der Waals surface area contributed by atoms with Gasteiger partial charge in [0.1, 0.15) is 11.6 Å². The second kappa shape index (κ2) is 7.69. The van der Waals surface area contributed by atoms with E-state index in [4.69, 9.17) is 4.74 Å². The number of hydrogen-bond acceptors (Lipinski definition) is 4. The summed E-state index contributed by atoms with van der Waals surface area (Å²) < 4.78 is 18.5. The molecular formula is C16H14FN3O3. The normalized spacial score (nSPS) is 10.3. The van der Waals surface area contributed by atoms with Crippen molar-refractivity contribution in [3.8, 4) is 5.75 Å². The molecule has 0 aliphatic carbocycles. The van der Waals surface area contributed by atoms with Crippen LogP contribution in [0.1, 0.15) is 5.56 Å². The Morgan fingerprint density at radius 2 is 1.78 bits per heavy atom. The maximum absolute atomic E-state index is 13.4. The molecule has 0 spiro atoms. The smallest absolute Gasteiger partial charge is 0.329 e. The number of benzene rings is 2. The number of carbonyl (C=O) groups is 2. The highest BCUT2D eigenvalue weighted by Crippen LogP contribution is 2.14. The van der Waals surface area contributed by atoms with Gasteiger partial charge in [-0.2, -0.15) is 5.10 Å². The summed E-state index contributed by atoms with van der Waals surface area (Å²) in [5.74, 6) is -2.10. The van der Waals surface area contributed by atoms with E-state index in [-0.39, 0.29) is 5.69 Å². The zero-order chi connectivity index (χ0) is 16.7. The number of ether oxygens (including phenoxy) is 1. The minimum Gasteiger partial charge on any atom is -0.496 e. The molecule has 0 atom stereocenters. The predicted octanol–water partition coefficient (Wildman–Crippen LogP) is 1.92. The van der Waals surface area contributed by atoms with Crippen LogP contribution < -0.4 is 15.5 Å². The number of anilines is 1. The molecule has 0 saturated heterocycles. The first-order valence-corrected chi connectivity index (χ1v) is 6.63. The lowest BCUT2D eigenvalue weighted by atomic mass is 10.2. The number of nitrogens with zero attached hydrogens (tertiary/aromatic N) is 1. The molecule has 2 N–H and O–H groups in total. The molecule has 0 radical (unpaired) electrons. The van der Waals surface area contributed by atoms with Crippen molar-refractivity contribution >= 4 is 23.7 Å². The zero-order valence-corrected chi connectivity index (χ0v) is 12.2. The second-order valence-electron chi connectivity index (χ2n) is 4.38. The maximum atomic E-state index is 13.4. The number of hydrazone groups is 1. The number of methoxy groups -OCH3 is 1. The Balaban J connectivity index is 1.95. The standard InChI is InChI=1S/C16H14FN3O3/c1-23-14-9-5-2-6-11(14)10-18-20-16(22)15(21)19-13-8-4-3-7-12(13)17/h2-10H,1H3,(H,19,21)(H,20,22)/b18-10+. The Morgan fingerprint density at radius 3 is 2.52 bits per heavy atom. The lowest BCUT2D eigenvalue weighted by molar-refractivity contribution is -0.136. The second-order valence-corrected chi connectivity index (χ2v) is 4.38. The predicted molar refractivity (Wildman–Crippen MR) is 83.8 cm³/mol. The average molecular weight is 315 g/mol. The van der Waals surface area contributed by atoms with Gasteiger partial charge in [0.2, 0.25) is 0 Å². The summed E-state index contributed by atoms with van der Waals surface area (Å²) in [5.41, 5.74) is 2.61. The Hall–Kier alpha value is -3.22. The average Bonchev–Trinajstić information content (AvgIpc) is 2.57. The molecule has 118 valence electrons. The van der Waals surface area contributed by atoms with E-state index in [9.17, 15) is 14.0 Å². The monoisotopic (exact) mass is 315 g/mol. The minimum atomic E-state index is -1.02. The first-order valence-electron chi connectivity index (χ1n) is 6.63. The van der Waals surface area contributed by atoms with Crippen LogP contribution in [0.3, 0.4) is 0 Å². The molecule has 23 heavy (non-hydrogen) atoms. The van der Waals surface area contributed by atoms with Crippen LogP contribution in [0.4, 0.5) is 10.1 Å². The van der Waals surface area contributed by atoms with Gasteiger partial charge in [0.15, 0.2) is 0 Å². The molecule has 2 aromatic rings. The van der Waals surface area contributed by atoms with Crippen molar-refractivity contribution in [2.75, 3.05) is 12.4 Å². The van der Waals surface area contributed by atoms with Gasteiger partial charge in [0, 0.05) is 5.56 Å². The molecule has 2 rings (SSSR count). The van der Waals surface area contributed by atoms with E-state index in [0.29, 0.717) is 11.3 Å². The van der Waals surface area contributed by atoms with Crippen LogP contribution in [0.15, 0.2) is 53.6 Å². The van der Waals surface area contributed by atoms with Crippen LogP contribution in [0.25, 0.3) is 0 Å². The van der Waals surface area contributed by atoms with E-state index in [2.05, 4.69) is 15.8 Å². The van der Waals surface area contributed by atoms with Gasteiger partial charge in [-0.1, -0.05) is 24.3 Å². The van der Waals surface area contributed by atoms with Crippen molar-refractivity contribution in [1.29, 1.82) is 0 Å². The number of para-hydroxylation sites is 2. The van der Waals surface area contributed by atoms with Crippen LogP contribution >= 0.6 is 0 Å². The molecule has 0 fully saturated rings. The number of halogens is 1. The first kappa shape index (κ1) is 16.2. The summed E-state index contributed by atoms with van der Waals surface area (Å²) in [7, 11) is 1.51. The summed E-state index contributed by atoms with van der Waals surface area (Å²) in [6, 6.07) is 12.6. The molecule has 0 aliphatic rings. The van der Waals surface area contributed by atoms with Gasteiger partial charge in [0.05, 0.1) is 19.0 Å². The van der Waals surface area contributed by atoms with E-state index >= 15 is 0 Å².